The largest absolute Gasteiger partial charge is 0.505 e. The third-order valence-corrected chi connectivity index (χ3v) is 11.2. The van der Waals surface area contributed by atoms with Crippen LogP contribution in [0.25, 0.3) is 21.8 Å². The molecule has 3 fully saturated rings. The molecule has 4 aliphatic heterocycles. The van der Waals surface area contributed by atoms with Gasteiger partial charge < -0.3 is 34.1 Å². The Morgan fingerprint density at radius 3 is 1.81 bits per heavy atom. The van der Waals surface area contributed by atoms with Crippen LogP contribution in [0.1, 0.15) is 113 Å². The van der Waals surface area contributed by atoms with Crippen LogP contribution in [0.4, 0.5) is 9.59 Å². The van der Waals surface area contributed by atoms with E-state index in [2.05, 4.69) is 20.0 Å². The van der Waals surface area contributed by atoms with Crippen molar-refractivity contribution in [3.05, 3.63) is 71.0 Å². The number of benzene rings is 2. The summed E-state index contributed by atoms with van der Waals surface area (Å²) in [5.74, 6) is -1.19. The molecule has 2 amide bonds. The maximum absolute atomic E-state index is 13.3. The molecule has 8 rings (SSSR count). The van der Waals surface area contributed by atoms with Gasteiger partial charge in [0, 0.05) is 23.6 Å². The normalized spacial score (nSPS) is 19.6. The number of nitrogens with one attached hydrogen (secondary N) is 1. The summed E-state index contributed by atoms with van der Waals surface area (Å²) in [6.07, 6.45) is 1.64. The predicted octanol–water partition coefficient (Wildman–Crippen LogP) is 6.99. The van der Waals surface area contributed by atoms with Gasteiger partial charge in [-0.1, -0.05) is 36.4 Å². The number of methoxy groups -OCH3 is 2. The van der Waals surface area contributed by atoms with Gasteiger partial charge in [0.05, 0.1) is 67.3 Å². The van der Waals surface area contributed by atoms with Crippen molar-refractivity contribution >= 4 is 63.3 Å². The number of amides is 2. The number of nitrogens with zero attached hydrogens (tertiary/aromatic N) is 4. The van der Waals surface area contributed by atoms with Crippen molar-refractivity contribution in [2.75, 3.05) is 40.4 Å². The molecule has 3 saturated heterocycles. The summed E-state index contributed by atoms with van der Waals surface area (Å²) in [5.41, 5.74) is 0.947. The highest BCUT2D eigenvalue weighted by Crippen LogP contribution is 2.45. The number of aromatic hydroxyl groups is 1. The van der Waals surface area contributed by atoms with Crippen LogP contribution in [0.3, 0.4) is 0 Å². The van der Waals surface area contributed by atoms with E-state index in [-0.39, 0.29) is 55.5 Å². The second kappa shape index (κ2) is 21.5. The molecule has 18 nitrogen and oxygen atoms in total. The lowest BCUT2D eigenvalue weighted by Gasteiger charge is -2.35. The Hall–Kier alpha value is -6.69. The minimum atomic E-state index is -1.05. The first-order chi connectivity index (χ1) is 31.9. The third kappa shape index (κ3) is 12.6. The van der Waals surface area contributed by atoms with E-state index in [1.807, 2.05) is 42.5 Å². The number of rotatable bonds is 3. The van der Waals surface area contributed by atoms with Gasteiger partial charge in [0.1, 0.15) is 34.6 Å². The summed E-state index contributed by atoms with van der Waals surface area (Å²) >= 11 is 0. The van der Waals surface area contributed by atoms with Gasteiger partial charge in [0.2, 0.25) is 0 Å². The van der Waals surface area contributed by atoms with Crippen LogP contribution in [-0.2, 0) is 33.3 Å². The number of pyridine rings is 2. The van der Waals surface area contributed by atoms with Gasteiger partial charge in [0.15, 0.2) is 23.1 Å². The number of ketones is 3. The molecule has 18 heteroatoms. The topological polar surface area (TPSA) is 230 Å². The van der Waals surface area contributed by atoms with Crippen LogP contribution in [-0.4, -0.2) is 136 Å². The summed E-state index contributed by atoms with van der Waals surface area (Å²) < 4.78 is 26.5. The summed E-state index contributed by atoms with van der Waals surface area (Å²) in [5, 5.41) is 14.4. The lowest BCUT2D eigenvalue weighted by molar-refractivity contribution is -0.146. The van der Waals surface area contributed by atoms with Gasteiger partial charge in [0.25, 0.3) is 0 Å². The zero-order valence-electron chi connectivity index (χ0n) is 40.8. The second-order valence-corrected chi connectivity index (χ2v) is 19.0. The molecular formula is C50H63N5O13. The van der Waals surface area contributed by atoms with E-state index >= 15 is 0 Å². The van der Waals surface area contributed by atoms with Gasteiger partial charge >= 0.3 is 24.1 Å². The maximum atomic E-state index is 13.3. The number of ether oxygens (including phenoxy) is 5. The van der Waals surface area contributed by atoms with E-state index in [4.69, 9.17) is 18.9 Å². The molecule has 4 aliphatic rings. The Labute approximate surface area is 396 Å². The number of fused-ring (bicyclic) bond motifs is 4. The van der Waals surface area contributed by atoms with Gasteiger partial charge in [-0.25, -0.2) is 29.1 Å². The van der Waals surface area contributed by atoms with Crippen molar-refractivity contribution in [3.8, 4) is 11.5 Å². The van der Waals surface area contributed by atoms with Gasteiger partial charge in [-0.15, -0.1) is 0 Å². The fourth-order valence-electron chi connectivity index (χ4n) is 8.22. The lowest BCUT2D eigenvalue weighted by atomic mass is 9.86. The summed E-state index contributed by atoms with van der Waals surface area (Å²) in [6.45, 7) is 17.8. The van der Waals surface area contributed by atoms with E-state index in [9.17, 15) is 38.7 Å². The number of aromatic nitrogens is 2. The Balaban J connectivity index is 0.000000196. The van der Waals surface area contributed by atoms with E-state index < -0.39 is 53.0 Å². The predicted molar refractivity (Wildman–Crippen MR) is 251 cm³/mol. The van der Waals surface area contributed by atoms with Crippen LogP contribution in [0.2, 0.25) is 0 Å². The smallest absolute Gasteiger partial charge is 0.411 e. The number of carbonyl (C=O) groups excluding carboxylic acids is 7. The Bertz CT molecular complexity index is 2570. The molecule has 366 valence electrons. The molecule has 68 heavy (non-hydrogen) atoms. The van der Waals surface area contributed by atoms with Crippen LogP contribution < -0.4 is 10.1 Å². The Morgan fingerprint density at radius 2 is 1.28 bits per heavy atom. The number of esters is 2. The van der Waals surface area contributed by atoms with Crippen LogP contribution in [0.15, 0.2) is 48.5 Å². The van der Waals surface area contributed by atoms with Crippen molar-refractivity contribution in [2.45, 2.75) is 123 Å². The second-order valence-electron chi connectivity index (χ2n) is 19.0. The molecule has 0 aliphatic carbocycles. The van der Waals surface area contributed by atoms with Gasteiger partial charge in [-0.3, -0.25) is 24.2 Å². The summed E-state index contributed by atoms with van der Waals surface area (Å²) in [7, 11) is 2.49. The average molecular weight is 942 g/mol. The molecule has 0 radical (unpaired) electrons. The fraction of sp³-hybridized carbons (Fsp3) is 0.500. The molecule has 1 unspecified atom stereocenters. The monoisotopic (exact) mass is 941 g/mol. The van der Waals surface area contributed by atoms with Gasteiger partial charge in [-0.2, -0.15) is 0 Å². The number of aryl methyl sites for hydroxylation is 2. The fourth-order valence-corrected chi connectivity index (χ4v) is 8.22. The zero-order chi connectivity index (χ0) is 50.3. The van der Waals surface area contributed by atoms with E-state index in [1.54, 1.807) is 61.5 Å². The molecular weight excluding hydrogens is 879 g/mol. The molecule has 4 aromatic rings. The van der Waals surface area contributed by atoms with Crippen molar-refractivity contribution in [1.29, 1.82) is 0 Å². The molecule has 1 spiro atoms. The number of hydrogen-bond acceptors (Lipinski definition) is 16. The number of likely N-dealkylation sites (tertiary alicyclic amines) is 2. The molecule has 0 bridgehead atoms. The van der Waals surface area contributed by atoms with E-state index in [1.165, 1.54) is 52.0 Å². The molecule has 6 heterocycles. The highest BCUT2D eigenvalue weighted by molar-refractivity contribution is 6.11. The minimum Gasteiger partial charge on any atom is -0.505 e. The molecule has 2 aromatic heterocycles. The zero-order valence-corrected chi connectivity index (χ0v) is 40.8. The number of hydrogen-bond donors (Lipinski definition) is 2. The van der Waals surface area contributed by atoms with Crippen LogP contribution >= 0.6 is 0 Å². The molecule has 0 saturated carbocycles. The number of Topliss-reactive ketones (excluding diaryl/α,β-unsaturated/α-hetero) is 3. The number of carbonyl (C=O) groups is 7. The molecule has 2 aromatic carbocycles. The van der Waals surface area contributed by atoms with E-state index in [0.29, 0.717) is 33.7 Å². The lowest BCUT2D eigenvalue weighted by Crippen LogP contribution is -2.47. The average Bonchev–Trinajstić information content (AvgIpc) is 4.05. The van der Waals surface area contributed by atoms with Gasteiger partial charge in [-0.05, 0) is 100 Å². The van der Waals surface area contributed by atoms with Crippen molar-refractivity contribution in [1.82, 2.24) is 25.1 Å². The SMILES string of the molecule is C1CCNC1.CC(=O)c1c(O)c(C)nc2ccccc12.COC(=O)[C@@H]1CC(=O)CN1C(=O)OC(C)(C)C.COC(=O)[C@@H]1CC2(CC(=O)c3c(c(C)nc4ccccc34)O2)CN1C(=O)OC(C)(C)C. The van der Waals surface area contributed by atoms with Crippen molar-refractivity contribution in [2.24, 2.45) is 0 Å². The Kier molecular flexibility index (Phi) is 16.5. The first-order valence-electron chi connectivity index (χ1n) is 22.5. The number of para-hydroxylation sites is 2. The van der Waals surface area contributed by atoms with Crippen LogP contribution in [0, 0.1) is 13.8 Å². The van der Waals surface area contributed by atoms with Crippen molar-refractivity contribution < 1.29 is 62.4 Å². The first kappa shape index (κ1) is 52.3. The Morgan fingerprint density at radius 1 is 0.765 bits per heavy atom. The third-order valence-electron chi connectivity index (χ3n) is 11.2. The molecule has 2 N–H and O–H groups in total. The highest BCUT2D eigenvalue weighted by Gasteiger charge is 2.55. The molecule has 3 atom stereocenters. The summed E-state index contributed by atoms with van der Waals surface area (Å²) in [6, 6.07) is 13.0. The standard InChI is InChI=1S/C23H26N2O6.C12H11NO2.C11H17NO5.C4H9N/c1-13-19-18(14-8-6-7-9-15(14)24-13)17(26)11-23(30-19)10-16(20(27)29-5)25(12-23)21(28)31-22(2,3)4;1-7-12(15)11(8(2)14)9-5-3-4-6-10(9)13-7;1-11(2,3)17-10(15)12-6-7(13)5-8(12)9(14)16-4;1-2-4-5-3-1/h6-9,16H,10-12H2,1-5H3;3-6,15H,1-2H3;8H,5-6H2,1-4H3;5H,1-4H2/t16-,23?;;8-;/m0.0./s1. The van der Waals surface area contributed by atoms with E-state index in [0.717, 1.165) is 21.3 Å². The quantitative estimate of drug-likeness (QED) is 0.120. The minimum absolute atomic E-state index is 0.00802. The maximum Gasteiger partial charge on any atom is 0.411 e. The summed E-state index contributed by atoms with van der Waals surface area (Å²) in [4.78, 5) is 95.7. The van der Waals surface area contributed by atoms with Crippen LogP contribution in [0.5, 0.6) is 11.5 Å². The highest BCUT2D eigenvalue weighted by atomic mass is 16.6. The van der Waals surface area contributed by atoms with Crippen molar-refractivity contribution in [3.63, 3.8) is 0 Å². The first-order valence-corrected chi connectivity index (χ1v) is 22.5.